The molecule has 0 unspecified atom stereocenters. The highest BCUT2D eigenvalue weighted by molar-refractivity contribution is 5.92. The van der Waals surface area contributed by atoms with Crippen LogP contribution in [0.15, 0.2) is 121 Å². The van der Waals surface area contributed by atoms with Crippen LogP contribution in [-0.4, -0.2) is 10.2 Å². The van der Waals surface area contributed by atoms with Gasteiger partial charge < -0.3 is 10.2 Å². The lowest BCUT2D eigenvalue weighted by molar-refractivity contribution is 0.475. The summed E-state index contributed by atoms with van der Waals surface area (Å²) in [6.45, 7) is 0. The Morgan fingerprint density at radius 2 is 0.784 bits per heavy atom. The molecule has 0 spiro atoms. The van der Waals surface area contributed by atoms with Crippen molar-refractivity contribution in [3.8, 4) is 22.6 Å². The zero-order valence-corrected chi connectivity index (χ0v) is 18.9. The Hall–Kier alpha value is -4.56. The van der Waals surface area contributed by atoms with Gasteiger partial charge in [0.05, 0.1) is 5.41 Å². The van der Waals surface area contributed by atoms with Crippen LogP contribution in [0.5, 0.6) is 11.5 Å². The van der Waals surface area contributed by atoms with E-state index in [0.29, 0.717) is 0 Å². The smallest absolute Gasteiger partial charge is 0.116 e. The average molecular weight is 483 g/mol. The fourth-order valence-corrected chi connectivity index (χ4v) is 5.96. The first kappa shape index (κ1) is 24.1. The highest BCUT2D eigenvalue weighted by Crippen LogP contribution is 2.56. The molecule has 37 heavy (non-hydrogen) atoms. The first-order chi connectivity index (χ1) is 17.1. The van der Waals surface area contributed by atoms with E-state index in [1.807, 2.05) is 24.3 Å². The van der Waals surface area contributed by atoms with E-state index >= 15 is 0 Å². The van der Waals surface area contributed by atoms with Crippen LogP contribution in [0.2, 0.25) is 0 Å². The minimum Gasteiger partial charge on any atom is -0.508 e. The van der Waals surface area contributed by atoms with Crippen molar-refractivity contribution in [2.75, 3.05) is 0 Å². The maximum atomic E-state index is 10.0. The fraction of sp³-hybridized carbons (Fsp3) is 0.0857. The molecule has 1 aliphatic rings. The lowest BCUT2D eigenvalue weighted by atomic mass is 9.67. The van der Waals surface area contributed by atoms with Gasteiger partial charge in [-0.3, -0.25) is 0 Å². The number of fused-ring (bicyclic) bond motifs is 5. The second-order valence-corrected chi connectivity index (χ2v) is 9.33. The van der Waals surface area contributed by atoms with E-state index in [1.165, 1.54) is 33.4 Å². The molecule has 0 aromatic heterocycles. The lowest BCUT2D eigenvalue weighted by Crippen LogP contribution is -2.28. The van der Waals surface area contributed by atoms with Crippen molar-refractivity contribution in [1.82, 2.24) is 0 Å². The number of phenolic OH excluding ortho intramolecular Hbond substituents is 2. The Kier molecular flexibility index (Phi) is 5.76. The molecule has 0 bridgehead atoms. The summed E-state index contributed by atoms with van der Waals surface area (Å²) in [6, 6.07) is 41.6. The lowest BCUT2D eigenvalue weighted by Gasteiger charge is -2.34. The van der Waals surface area contributed by atoms with E-state index in [2.05, 4.69) is 84.9 Å². The quantitative estimate of drug-likeness (QED) is 0.258. The van der Waals surface area contributed by atoms with Crippen LogP contribution < -0.4 is 0 Å². The molecule has 0 saturated heterocycles. The van der Waals surface area contributed by atoms with Crippen LogP contribution in [-0.2, 0) is 5.41 Å². The van der Waals surface area contributed by atoms with Crippen molar-refractivity contribution in [2.24, 2.45) is 0 Å². The molecule has 1 aliphatic carbocycles. The molecule has 0 amide bonds. The maximum Gasteiger partial charge on any atom is 0.116 e. The molecular formula is C35H30O2. The largest absolute Gasteiger partial charge is 0.508 e. The second kappa shape index (κ2) is 8.83. The molecule has 7 rings (SSSR count). The summed E-state index contributed by atoms with van der Waals surface area (Å²) >= 11 is 0. The average Bonchev–Trinajstić information content (AvgIpc) is 3.19. The molecule has 0 heterocycles. The van der Waals surface area contributed by atoms with Crippen LogP contribution in [0.25, 0.3) is 32.7 Å². The van der Waals surface area contributed by atoms with Crippen molar-refractivity contribution in [2.45, 2.75) is 20.3 Å². The Bertz CT molecular complexity index is 1650. The predicted molar refractivity (Wildman–Crippen MR) is 156 cm³/mol. The molecule has 0 aliphatic heterocycles. The van der Waals surface area contributed by atoms with E-state index in [0.717, 1.165) is 21.5 Å². The fourth-order valence-electron chi connectivity index (χ4n) is 5.96. The van der Waals surface area contributed by atoms with E-state index in [-0.39, 0.29) is 26.4 Å². The van der Waals surface area contributed by atoms with Gasteiger partial charge in [0, 0.05) is 0 Å². The molecule has 0 atom stereocenters. The predicted octanol–water partition coefficient (Wildman–Crippen LogP) is 9.04. The second-order valence-electron chi connectivity index (χ2n) is 9.33. The first-order valence-corrected chi connectivity index (χ1v) is 11.8. The number of benzene rings is 6. The summed E-state index contributed by atoms with van der Waals surface area (Å²) in [5.41, 5.74) is 6.90. The third kappa shape index (κ3) is 3.41. The van der Waals surface area contributed by atoms with Gasteiger partial charge >= 0.3 is 0 Å². The van der Waals surface area contributed by atoms with Crippen LogP contribution >= 0.6 is 0 Å². The van der Waals surface area contributed by atoms with E-state index in [1.54, 1.807) is 12.1 Å². The molecular weight excluding hydrogens is 452 g/mol. The number of rotatable bonds is 2. The van der Waals surface area contributed by atoms with Crippen LogP contribution in [0.4, 0.5) is 0 Å². The standard InChI is InChI=1S/C33H22O2.2CH4/c34-27-15-11-21-17-25(13-9-23(21)19-27)33(26-14-10-24-20-28(35)16-12-22(24)18-26)31-7-3-1-5-29(31)30-6-2-4-8-32(30)33;;/h1-20,34-35H;2*1H4. The summed E-state index contributed by atoms with van der Waals surface area (Å²) in [4.78, 5) is 0. The zero-order valence-electron chi connectivity index (χ0n) is 18.9. The zero-order chi connectivity index (χ0) is 23.6. The van der Waals surface area contributed by atoms with Gasteiger partial charge in [0.1, 0.15) is 11.5 Å². The van der Waals surface area contributed by atoms with E-state index in [4.69, 9.17) is 0 Å². The molecule has 6 aromatic carbocycles. The Morgan fingerprint density at radius 1 is 0.405 bits per heavy atom. The van der Waals surface area contributed by atoms with Gasteiger partial charge in [-0.15, -0.1) is 0 Å². The maximum absolute atomic E-state index is 10.0. The summed E-state index contributed by atoms with van der Waals surface area (Å²) in [5, 5.41) is 24.2. The monoisotopic (exact) mass is 482 g/mol. The van der Waals surface area contributed by atoms with Crippen molar-refractivity contribution in [3.05, 3.63) is 144 Å². The van der Waals surface area contributed by atoms with Gasteiger partial charge in [-0.1, -0.05) is 99.8 Å². The Balaban J connectivity index is 0.00000140. The molecule has 0 fully saturated rings. The number of phenols is 2. The van der Waals surface area contributed by atoms with Crippen molar-refractivity contribution in [3.63, 3.8) is 0 Å². The summed E-state index contributed by atoms with van der Waals surface area (Å²) < 4.78 is 0. The Labute approximate surface area is 218 Å². The minimum atomic E-state index is -0.495. The minimum absolute atomic E-state index is 0. The van der Waals surface area contributed by atoms with Crippen LogP contribution in [0.3, 0.4) is 0 Å². The summed E-state index contributed by atoms with van der Waals surface area (Å²) in [5.74, 6) is 0.545. The van der Waals surface area contributed by atoms with Crippen molar-refractivity contribution in [1.29, 1.82) is 0 Å². The van der Waals surface area contributed by atoms with E-state index in [9.17, 15) is 10.2 Å². The van der Waals surface area contributed by atoms with Crippen LogP contribution in [0, 0.1) is 0 Å². The molecule has 6 aromatic rings. The number of aromatic hydroxyl groups is 2. The van der Waals surface area contributed by atoms with Gasteiger partial charge in [-0.05, 0) is 91.3 Å². The molecule has 0 saturated carbocycles. The molecule has 2 nitrogen and oxygen atoms in total. The van der Waals surface area contributed by atoms with Crippen molar-refractivity contribution >= 4 is 21.5 Å². The number of hydrogen-bond donors (Lipinski definition) is 2. The molecule has 2 N–H and O–H groups in total. The normalized spacial score (nSPS) is 12.9. The van der Waals surface area contributed by atoms with Gasteiger partial charge in [0.25, 0.3) is 0 Å². The highest BCUT2D eigenvalue weighted by atomic mass is 16.3. The SMILES string of the molecule is C.C.Oc1ccc2cc(C3(c4ccc5cc(O)ccc5c4)c4ccccc4-c4ccccc43)ccc2c1. The van der Waals surface area contributed by atoms with Gasteiger partial charge in [0.2, 0.25) is 0 Å². The van der Waals surface area contributed by atoms with Gasteiger partial charge in [-0.25, -0.2) is 0 Å². The topological polar surface area (TPSA) is 40.5 Å². The summed E-state index contributed by atoms with van der Waals surface area (Å²) in [6.07, 6.45) is 0. The molecule has 182 valence electrons. The molecule has 0 radical (unpaired) electrons. The first-order valence-electron chi connectivity index (χ1n) is 11.8. The molecule has 2 heteroatoms. The van der Waals surface area contributed by atoms with Gasteiger partial charge in [-0.2, -0.15) is 0 Å². The third-order valence-electron chi connectivity index (χ3n) is 7.47. The van der Waals surface area contributed by atoms with Crippen LogP contribution in [0.1, 0.15) is 37.1 Å². The Morgan fingerprint density at radius 3 is 1.24 bits per heavy atom. The third-order valence-corrected chi connectivity index (χ3v) is 7.47. The summed E-state index contributed by atoms with van der Waals surface area (Å²) in [7, 11) is 0. The van der Waals surface area contributed by atoms with E-state index < -0.39 is 5.41 Å². The highest BCUT2D eigenvalue weighted by Gasteiger charge is 2.46. The number of hydrogen-bond acceptors (Lipinski definition) is 2. The van der Waals surface area contributed by atoms with Gasteiger partial charge in [0.15, 0.2) is 0 Å². The van der Waals surface area contributed by atoms with Crippen molar-refractivity contribution < 1.29 is 10.2 Å².